The Hall–Kier alpha value is -3.68. The second-order valence-corrected chi connectivity index (χ2v) is 17.1. The van der Waals surface area contributed by atoms with Crippen LogP contribution in [0.25, 0.3) is 0 Å². The first kappa shape index (κ1) is 44.9. The van der Waals surface area contributed by atoms with Crippen molar-refractivity contribution in [3.8, 4) is 5.75 Å². The SMILES string of the molecule is C=C1C[C@@H]2C[C@@H]3CC(=C)C[C@H](/C=C/C(C)(C)[C@]4(OC)O[C@@H](CCC4=O)C[C@H]([C@@H](C)OCOCc4ccccc4)OC(=O)C[C@H](OCc4ccc(OC)cc4)C[C@H](C1)O2)O3. The molecule has 6 bridgehead atoms. The van der Waals surface area contributed by atoms with Crippen LogP contribution in [0.3, 0.4) is 0 Å². The van der Waals surface area contributed by atoms with E-state index in [0.717, 1.165) is 40.9 Å². The van der Waals surface area contributed by atoms with Crippen LogP contribution in [0.4, 0.5) is 0 Å². The Morgan fingerprint density at radius 2 is 1.47 bits per heavy atom. The zero-order valence-electron chi connectivity index (χ0n) is 35.6. The van der Waals surface area contributed by atoms with Gasteiger partial charge in [0.15, 0.2) is 5.78 Å². The maximum Gasteiger partial charge on any atom is 0.308 e. The molecule has 0 N–H and O–H groups in total. The summed E-state index contributed by atoms with van der Waals surface area (Å²) in [5.41, 5.74) is 3.27. The second kappa shape index (κ2) is 20.7. The molecule has 3 saturated heterocycles. The molecule has 0 amide bonds. The minimum absolute atomic E-state index is 0.0118. The van der Waals surface area contributed by atoms with E-state index in [1.807, 2.05) is 87.5 Å². The monoisotopic (exact) mass is 816 g/mol. The molecule has 0 unspecified atom stereocenters. The van der Waals surface area contributed by atoms with Gasteiger partial charge in [-0.25, -0.2) is 0 Å². The van der Waals surface area contributed by atoms with Gasteiger partial charge < -0.3 is 42.6 Å². The van der Waals surface area contributed by atoms with Crippen LogP contribution in [0.1, 0.15) is 96.1 Å². The average Bonchev–Trinajstić information content (AvgIpc) is 3.21. The van der Waals surface area contributed by atoms with Crippen molar-refractivity contribution >= 4 is 11.8 Å². The van der Waals surface area contributed by atoms with Gasteiger partial charge in [0.1, 0.15) is 18.6 Å². The highest BCUT2D eigenvalue weighted by molar-refractivity contribution is 5.87. The largest absolute Gasteiger partial charge is 0.497 e. The number of benzene rings is 2. The number of esters is 1. The van der Waals surface area contributed by atoms with Crippen LogP contribution < -0.4 is 4.74 Å². The maximum atomic E-state index is 14.1. The molecule has 11 nitrogen and oxygen atoms in total. The second-order valence-electron chi connectivity index (χ2n) is 17.1. The van der Waals surface area contributed by atoms with E-state index < -0.39 is 41.6 Å². The van der Waals surface area contributed by atoms with Gasteiger partial charge >= 0.3 is 5.97 Å². The van der Waals surface area contributed by atoms with Crippen molar-refractivity contribution in [1.82, 2.24) is 0 Å². The normalized spacial score (nSPS) is 31.8. The van der Waals surface area contributed by atoms with Crippen molar-refractivity contribution in [2.45, 2.75) is 153 Å². The summed E-state index contributed by atoms with van der Waals surface area (Å²) in [5, 5.41) is 0. The Bertz CT molecular complexity index is 1740. The first-order valence-electron chi connectivity index (χ1n) is 21.1. The van der Waals surface area contributed by atoms with E-state index in [0.29, 0.717) is 38.7 Å². The van der Waals surface area contributed by atoms with Gasteiger partial charge in [0.25, 0.3) is 0 Å². The third-order valence-corrected chi connectivity index (χ3v) is 12.0. The topological polar surface area (TPSA) is 117 Å². The molecule has 0 saturated carbocycles. The van der Waals surface area contributed by atoms with Gasteiger partial charge in [0, 0.05) is 38.2 Å². The van der Waals surface area contributed by atoms with Gasteiger partial charge in [-0.1, -0.05) is 92.8 Å². The van der Waals surface area contributed by atoms with Crippen molar-refractivity contribution in [3.05, 3.63) is 102 Å². The molecule has 4 heterocycles. The van der Waals surface area contributed by atoms with Gasteiger partial charge in [-0.2, -0.15) is 0 Å². The highest BCUT2D eigenvalue weighted by atomic mass is 16.7. The smallest absolute Gasteiger partial charge is 0.308 e. The lowest BCUT2D eigenvalue weighted by Crippen LogP contribution is -2.59. The summed E-state index contributed by atoms with van der Waals surface area (Å²) in [6.07, 6.45) is 5.84. The summed E-state index contributed by atoms with van der Waals surface area (Å²) in [7, 11) is 3.14. The van der Waals surface area contributed by atoms with E-state index in [1.165, 1.54) is 7.11 Å². The zero-order valence-corrected chi connectivity index (χ0v) is 35.6. The number of carbonyl (C=O) groups is 2. The first-order valence-corrected chi connectivity index (χ1v) is 21.1. The van der Waals surface area contributed by atoms with Crippen LogP contribution in [0.5, 0.6) is 5.75 Å². The molecule has 3 fully saturated rings. The minimum Gasteiger partial charge on any atom is -0.497 e. The van der Waals surface area contributed by atoms with Gasteiger partial charge in [0.2, 0.25) is 5.79 Å². The van der Waals surface area contributed by atoms with Crippen molar-refractivity contribution in [2.75, 3.05) is 21.0 Å². The van der Waals surface area contributed by atoms with Gasteiger partial charge in [-0.3, -0.25) is 9.59 Å². The van der Waals surface area contributed by atoms with Crippen LogP contribution >= 0.6 is 0 Å². The molecule has 4 aliphatic heterocycles. The Morgan fingerprint density at radius 1 is 0.797 bits per heavy atom. The minimum atomic E-state index is -1.58. The number of methoxy groups -OCH3 is 2. The van der Waals surface area contributed by atoms with Crippen LogP contribution in [-0.2, 0) is 60.7 Å². The first-order chi connectivity index (χ1) is 28.3. The lowest BCUT2D eigenvalue weighted by Gasteiger charge is -2.47. The summed E-state index contributed by atoms with van der Waals surface area (Å²) in [4.78, 5) is 28.0. The maximum absolute atomic E-state index is 14.1. The predicted molar refractivity (Wildman–Crippen MR) is 222 cm³/mol. The fourth-order valence-corrected chi connectivity index (χ4v) is 8.76. The van der Waals surface area contributed by atoms with Crippen molar-refractivity contribution < 1.29 is 52.2 Å². The summed E-state index contributed by atoms with van der Waals surface area (Å²) >= 11 is 0. The number of hydrogen-bond acceptors (Lipinski definition) is 11. The molecule has 0 radical (unpaired) electrons. The molecule has 0 spiro atoms. The van der Waals surface area contributed by atoms with Gasteiger partial charge in [0.05, 0.1) is 69.5 Å². The van der Waals surface area contributed by atoms with Crippen molar-refractivity contribution in [3.63, 3.8) is 0 Å². The third kappa shape index (κ3) is 12.2. The molecule has 2 aromatic carbocycles. The lowest BCUT2D eigenvalue weighted by molar-refractivity contribution is -0.286. The lowest BCUT2D eigenvalue weighted by atomic mass is 9.76. The molecule has 4 aliphatic rings. The molecular formula is C48H64O11. The van der Waals surface area contributed by atoms with E-state index in [9.17, 15) is 9.59 Å². The number of carbonyl (C=O) groups excluding carboxylic acids is 2. The number of cyclic esters (lactones) is 1. The predicted octanol–water partition coefficient (Wildman–Crippen LogP) is 8.53. The van der Waals surface area contributed by atoms with E-state index in [-0.39, 0.29) is 62.9 Å². The van der Waals surface area contributed by atoms with E-state index >= 15 is 0 Å². The van der Waals surface area contributed by atoms with E-state index in [4.69, 9.17) is 42.6 Å². The molecule has 0 aliphatic carbocycles. The standard InChI is InChI=1S/C48H64O11/c1-32-21-38-19-20-47(4,5)48(52-7)45(49)18-17-39(59-48)27-44(34(3)55-31-53-29-35-11-9-8-10-12-35)58-46(50)28-40(54-30-36-13-15-37(51-6)16-14-36)25-41-23-33(2)24-43(57-41)26-42(22-32)56-38/h8-16,19-20,34,38-44H,1-2,17-18,21-31H2,3-7H3/b20-19+/t34-,38+,39+,40-,41+,42+,43-,44-,48-/m1/s1. The number of Topliss-reactive ketones (excluding diaryl/α,β-unsaturated/α-hetero) is 1. The Morgan fingerprint density at radius 3 is 2.19 bits per heavy atom. The zero-order chi connectivity index (χ0) is 42.0. The van der Waals surface area contributed by atoms with Crippen LogP contribution in [0, 0.1) is 5.41 Å². The van der Waals surface area contributed by atoms with E-state index in [2.05, 4.69) is 13.2 Å². The molecule has 2 aromatic rings. The Labute approximate surface area is 350 Å². The summed E-state index contributed by atoms with van der Waals surface area (Å²) < 4.78 is 56.4. The molecule has 6 rings (SSSR count). The summed E-state index contributed by atoms with van der Waals surface area (Å²) in [6, 6.07) is 17.5. The number of rotatable bonds is 11. The molecular weight excluding hydrogens is 753 g/mol. The van der Waals surface area contributed by atoms with Crippen LogP contribution in [-0.4, -0.2) is 87.4 Å². The van der Waals surface area contributed by atoms with E-state index in [1.54, 1.807) is 7.11 Å². The van der Waals surface area contributed by atoms with Gasteiger partial charge in [-0.05, 0) is 62.3 Å². The fourth-order valence-electron chi connectivity index (χ4n) is 8.76. The number of ether oxygens (including phenoxy) is 9. The molecule has 0 aromatic heterocycles. The van der Waals surface area contributed by atoms with Crippen LogP contribution in [0.15, 0.2) is 91.1 Å². The average molecular weight is 817 g/mol. The molecule has 11 heteroatoms. The van der Waals surface area contributed by atoms with Gasteiger partial charge in [-0.15, -0.1) is 0 Å². The quantitative estimate of drug-likeness (QED) is 0.0941. The number of hydrogen-bond donors (Lipinski definition) is 0. The number of ketones is 1. The Kier molecular flexibility index (Phi) is 15.8. The van der Waals surface area contributed by atoms with Crippen molar-refractivity contribution in [1.29, 1.82) is 0 Å². The molecule has 322 valence electrons. The third-order valence-electron chi connectivity index (χ3n) is 12.0. The highest BCUT2D eigenvalue weighted by Crippen LogP contribution is 2.44. The fraction of sp³-hybridized carbons (Fsp3) is 0.583. The molecule has 59 heavy (non-hydrogen) atoms. The van der Waals surface area contributed by atoms with Crippen LogP contribution in [0.2, 0.25) is 0 Å². The summed E-state index contributed by atoms with van der Waals surface area (Å²) in [6.45, 7) is 15.1. The summed E-state index contributed by atoms with van der Waals surface area (Å²) in [5.74, 6) is -1.42. The molecule has 9 atom stereocenters. The van der Waals surface area contributed by atoms with Crippen molar-refractivity contribution in [2.24, 2.45) is 5.41 Å². The Balaban J connectivity index is 1.27. The number of fused-ring (bicyclic) bond motifs is 6. The highest BCUT2D eigenvalue weighted by Gasteiger charge is 2.55.